The van der Waals surface area contributed by atoms with Crippen molar-refractivity contribution in [3.63, 3.8) is 0 Å². The Labute approximate surface area is 133 Å². The minimum Gasteiger partial charge on any atom is -0.302 e. The second kappa shape index (κ2) is 6.54. The summed E-state index contributed by atoms with van der Waals surface area (Å²) in [6.45, 7) is 1.83. The van der Waals surface area contributed by atoms with E-state index in [-0.39, 0.29) is 5.91 Å². The molecule has 0 bridgehead atoms. The largest absolute Gasteiger partial charge is 0.302 e. The van der Waals surface area contributed by atoms with E-state index in [1.165, 1.54) is 11.3 Å². The standard InChI is InChI=1S/C18H16N2OS/c1-2-15(21)19-18-20-16(13-9-5-3-6-10-13)17(22-18)14-11-7-4-8-12-14/h3-12H,2H2,1H3,(H,19,20,21). The summed E-state index contributed by atoms with van der Waals surface area (Å²) in [6, 6.07) is 20.2. The van der Waals surface area contributed by atoms with Crippen LogP contribution in [0.3, 0.4) is 0 Å². The van der Waals surface area contributed by atoms with Gasteiger partial charge in [-0.05, 0) is 5.56 Å². The molecule has 4 heteroatoms. The minimum atomic E-state index is -0.0204. The highest BCUT2D eigenvalue weighted by atomic mass is 32.1. The minimum absolute atomic E-state index is 0.0204. The lowest BCUT2D eigenvalue weighted by atomic mass is 10.1. The van der Waals surface area contributed by atoms with Crippen molar-refractivity contribution in [2.24, 2.45) is 0 Å². The summed E-state index contributed by atoms with van der Waals surface area (Å²) in [4.78, 5) is 17.3. The smallest absolute Gasteiger partial charge is 0.225 e. The van der Waals surface area contributed by atoms with Crippen LogP contribution in [0.1, 0.15) is 13.3 Å². The molecule has 0 saturated heterocycles. The number of amides is 1. The first-order chi connectivity index (χ1) is 10.8. The highest BCUT2D eigenvalue weighted by Crippen LogP contribution is 2.38. The molecule has 3 aromatic rings. The number of benzene rings is 2. The fourth-order valence-corrected chi connectivity index (χ4v) is 3.17. The van der Waals surface area contributed by atoms with Gasteiger partial charge in [0, 0.05) is 12.0 Å². The maximum atomic E-state index is 11.6. The summed E-state index contributed by atoms with van der Waals surface area (Å²) in [5, 5.41) is 3.50. The summed E-state index contributed by atoms with van der Waals surface area (Å²) in [5.41, 5.74) is 3.06. The van der Waals surface area contributed by atoms with Crippen molar-refractivity contribution in [2.75, 3.05) is 5.32 Å². The van der Waals surface area contributed by atoms with Gasteiger partial charge >= 0.3 is 0 Å². The second-order valence-corrected chi connectivity index (χ2v) is 5.83. The number of nitrogens with zero attached hydrogens (tertiary/aromatic N) is 1. The summed E-state index contributed by atoms with van der Waals surface area (Å²) >= 11 is 1.51. The van der Waals surface area contributed by atoms with Crippen molar-refractivity contribution < 1.29 is 4.79 Å². The van der Waals surface area contributed by atoms with Crippen molar-refractivity contribution in [1.82, 2.24) is 4.98 Å². The van der Waals surface area contributed by atoms with Crippen molar-refractivity contribution in [3.05, 3.63) is 60.7 Å². The normalized spacial score (nSPS) is 10.4. The summed E-state index contributed by atoms with van der Waals surface area (Å²) in [6.07, 6.45) is 0.445. The maximum Gasteiger partial charge on any atom is 0.225 e. The fourth-order valence-electron chi connectivity index (χ4n) is 2.16. The van der Waals surface area contributed by atoms with E-state index >= 15 is 0 Å². The number of anilines is 1. The van der Waals surface area contributed by atoms with Crippen molar-refractivity contribution in [1.29, 1.82) is 0 Å². The second-order valence-electron chi connectivity index (χ2n) is 4.83. The zero-order valence-corrected chi connectivity index (χ0v) is 13.1. The van der Waals surface area contributed by atoms with Gasteiger partial charge in [0.1, 0.15) is 0 Å². The molecule has 0 aliphatic rings. The van der Waals surface area contributed by atoms with E-state index in [1.54, 1.807) is 0 Å². The zero-order chi connectivity index (χ0) is 15.4. The first kappa shape index (κ1) is 14.5. The van der Waals surface area contributed by atoms with Gasteiger partial charge in [0.05, 0.1) is 10.6 Å². The van der Waals surface area contributed by atoms with Crippen molar-refractivity contribution in [3.8, 4) is 21.7 Å². The molecule has 0 unspecified atom stereocenters. The molecule has 0 aliphatic carbocycles. The Kier molecular flexibility index (Phi) is 4.30. The van der Waals surface area contributed by atoms with Gasteiger partial charge in [-0.15, -0.1) is 0 Å². The average molecular weight is 308 g/mol. The zero-order valence-electron chi connectivity index (χ0n) is 12.2. The van der Waals surface area contributed by atoms with Gasteiger partial charge in [0.15, 0.2) is 5.13 Å². The molecule has 1 amide bonds. The van der Waals surface area contributed by atoms with Crippen LogP contribution in [0.4, 0.5) is 5.13 Å². The first-order valence-corrected chi connectivity index (χ1v) is 8.01. The van der Waals surface area contributed by atoms with Crippen LogP contribution in [-0.2, 0) is 4.79 Å². The van der Waals surface area contributed by atoms with E-state index in [1.807, 2.05) is 55.5 Å². The maximum absolute atomic E-state index is 11.6. The molecule has 1 N–H and O–H groups in total. The monoisotopic (exact) mass is 308 g/mol. The molecule has 3 nitrogen and oxygen atoms in total. The van der Waals surface area contributed by atoms with Crippen LogP contribution in [0.15, 0.2) is 60.7 Å². The van der Waals surface area contributed by atoms with E-state index < -0.39 is 0 Å². The predicted octanol–water partition coefficient (Wildman–Crippen LogP) is 4.83. The van der Waals surface area contributed by atoms with Crippen LogP contribution in [0.5, 0.6) is 0 Å². The first-order valence-electron chi connectivity index (χ1n) is 7.19. The van der Waals surface area contributed by atoms with Crippen molar-refractivity contribution >= 4 is 22.4 Å². The van der Waals surface area contributed by atoms with Crippen LogP contribution >= 0.6 is 11.3 Å². The molecule has 3 rings (SSSR count). The lowest BCUT2D eigenvalue weighted by Crippen LogP contribution is -2.08. The quantitative estimate of drug-likeness (QED) is 0.750. The van der Waals surface area contributed by atoms with E-state index in [2.05, 4.69) is 22.4 Å². The molecule has 2 aromatic carbocycles. The Morgan fingerprint density at radius 3 is 2.18 bits per heavy atom. The summed E-state index contributed by atoms with van der Waals surface area (Å²) in [7, 11) is 0. The van der Waals surface area contributed by atoms with Gasteiger partial charge in [0.2, 0.25) is 5.91 Å². The Morgan fingerprint density at radius 1 is 1.00 bits per heavy atom. The van der Waals surface area contributed by atoms with Crippen LogP contribution in [0.2, 0.25) is 0 Å². The third-order valence-corrected chi connectivity index (χ3v) is 4.30. The third kappa shape index (κ3) is 3.07. The van der Waals surface area contributed by atoms with Crippen LogP contribution in [0.25, 0.3) is 21.7 Å². The Morgan fingerprint density at radius 2 is 1.59 bits per heavy atom. The molecule has 1 aromatic heterocycles. The highest BCUT2D eigenvalue weighted by molar-refractivity contribution is 7.19. The molecule has 0 spiro atoms. The number of carbonyl (C=O) groups excluding carboxylic acids is 1. The van der Waals surface area contributed by atoms with Crippen LogP contribution < -0.4 is 5.32 Å². The summed E-state index contributed by atoms with van der Waals surface area (Å²) < 4.78 is 0. The molecule has 0 atom stereocenters. The van der Waals surface area contributed by atoms with E-state index in [0.29, 0.717) is 11.6 Å². The number of carbonyl (C=O) groups is 1. The molecule has 0 aliphatic heterocycles. The van der Waals surface area contributed by atoms with Crippen LogP contribution in [-0.4, -0.2) is 10.9 Å². The lowest BCUT2D eigenvalue weighted by molar-refractivity contribution is -0.115. The van der Waals surface area contributed by atoms with E-state index in [0.717, 1.165) is 21.7 Å². The van der Waals surface area contributed by atoms with Crippen molar-refractivity contribution in [2.45, 2.75) is 13.3 Å². The molecular weight excluding hydrogens is 292 g/mol. The number of aromatic nitrogens is 1. The molecule has 1 heterocycles. The average Bonchev–Trinajstić information content (AvgIpc) is 3.00. The van der Waals surface area contributed by atoms with Gasteiger partial charge in [-0.2, -0.15) is 0 Å². The van der Waals surface area contributed by atoms with Gasteiger partial charge in [-0.3, -0.25) is 4.79 Å². The molecule has 110 valence electrons. The molecule has 22 heavy (non-hydrogen) atoms. The van der Waals surface area contributed by atoms with Gasteiger partial charge in [-0.25, -0.2) is 4.98 Å². The van der Waals surface area contributed by atoms with Gasteiger partial charge < -0.3 is 5.32 Å². The number of nitrogens with one attached hydrogen (secondary N) is 1. The number of hydrogen-bond donors (Lipinski definition) is 1. The number of thiazole rings is 1. The fraction of sp³-hybridized carbons (Fsp3) is 0.111. The molecule has 0 fully saturated rings. The number of hydrogen-bond acceptors (Lipinski definition) is 3. The topological polar surface area (TPSA) is 42.0 Å². The molecule has 0 saturated carbocycles. The Hall–Kier alpha value is -2.46. The molecular formula is C18H16N2OS. The highest BCUT2D eigenvalue weighted by Gasteiger charge is 2.15. The molecule has 0 radical (unpaired) electrons. The van der Waals surface area contributed by atoms with E-state index in [4.69, 9.17) is 0 Å². The Bertz CT molecular complexity index is 709. The van der Waals surface area contributed by atoms with E-state index in [9.17, 15) is 4.79 Å². The predicted molar refractivity (Wildman–Crippen MR) is 91.9 cm³/mol. The number of rotatable bonds is 4. The van der Waals surface area contributed by atoms with Gasteiger partial charge in [-0.1, -0.05) is 78.9 Å². The lowest BCUT2D eigenvalue weighted by Gasteiger charge is -2.02. The van der Waals surface area contributed by atoms with Crippen LogP contribution in [0, 0.1) is 0 Å². The third-order valence-electron chi connectivity index (χ3n) is 3.28. The Balaban J connectivity index is 2.08. The van der Waals surface area contributed by atoms with Gasteiger partial charge in [0.25, 0.3) is 0 Å². The SMILES string of the molecule is CCC(=O)Nc1nc(-c2ccccc2)c(-c2ccccc2)s1. The summed E-state index contributed by atoms with van der Waals surface area (Å²) in [5.74, 6) is -0.0204.